The molecule has 0 bridgehead atoms. The lowest BCUT2D eigenvalue weighted by molar-refractivity contribution is 0.0210. The van der Waals surface area contributed by atoms with E-state index in [1.807, 2.05) is 24.0 Å². The Hall–Kier alpha value is -1.89. The molecule has 0 radical (unpaired) electrons. The van der Waals surface area contributed by atoms with Crippen LogP contribution < -0.4 is 4.90 Å². The van der Waals surface area contributed by atoms with E-state index in [0.29, 0.717) is 13.2 Å². The van der Waals surface area contributed by atoms with Crippen LogP contribution in [-0.2, 0) is 4.74 Å². The highest BCUT2D eigenvalue weighted by Gasteiger charge is 2.40. The van der Waals surface area contributed by atoms with Crippen molar-refractivity contribution in [1.82, 2.24) is 20.0 Å². The van der Waals surface area contributed by atoms with Crippen molar-refractivity contribution in [3.63, 3.8) is 0 Å². The van der Waals surface area contributed by atoms with Crippen LogP contribution in [0.25, 0.3) is 0 Å². The molecule has 0 N–H and O–H groups in total. The fraction of sp³-hybridized carbons (Fsp3) is 0.706. The summed E-state index contributed by atoms with van der Waals surface area (Å²) in [7, 11) is 3.61. The maximum Gasteiger partial charge on any atom is 0.319 e. The Labute approximate surface area is 143 Å². The molecule has 132 valence electrons. The van der Waals surface area contributed by atoms with Crippen molar-refractivity contribution in [3.05, 3.63) is 17.8 Å². The van der Waals surface area contributed by atoms with Crippen LogP contribution in [0.15, 0.2) is 12.1 Å². The molecule has 1 spiro atoms. The smallest absolute Gasteiger partial charge is 0.319 e. The first-order valence-corrected chi connectivity index (χ1v) is 8.58. The van der Waals surface area contributed by atoms with E-state index < -0.39 is 0 Å². The number of anilines is 1. The summed E-state index contributed by atoms with van der Waals surface area (Å²) in [6.07, 6.45) is 2.08. The quantitative estimate of drug-likeness (QED) is 0.777. The third-order valence-corrected chi connectivity index (χ3v) is 4.86. The molecule has 2 saturated heterocycles. The number of aryl methyl sites for hydroxylation is 1. The molecule has 2 aliphatic rings. The average Bonchev–Trinajstić information content (AvgIpc) is 2.77. The first kappa shape index (κ1) is 17.0. The molecule has 0 aromatic carbocycles. The predicted molar refractivity (Wildman–Crippen MR) is 92.1 cm³/mol. The number of aromatic nitrogens is 2. The first-order valence-electron chi connectivity index (χ1n) is 8.58. The summed E-state index contributed by atoms with van der Waals surface area (Å²) in [4.78, 5) is 18.2. The van der Waals surface area contributed by atoms with Gasteiger partial charge in [0.1, 0.15) is 0 Å². The number of rotatable bonds is 1. The zero-order valence-electron chi connectivity index (χ0n) is 14.9. The zero-order valence-corrected chi connectivity index (χ0v) is 14.9. The molecule has 1 aromatic heterocycles. The summed E-state index contributed by atoms with van der Waals surface area (Å²) < 4.78 is 5.91. The summed E-state index contributed by atoms with van der Waals surface area (Å²) in [5, 5.41) is 8.52. The predicted octanol–water partition coefficient (Wildman–Crippen LogP) is 1.39. The van der Waals surface area contributed by atoms with Gasteiger partial charge in [0, 0.05) is 45.7 Å². The largest absolute Gasteiger partial charge is 0.379 e. The van der Waals surface area contributed by atoms with Crippen molar-refractivity contribution < 1.29 is 9.53 Å². The highest BCUT2D eigenvalue weighted by Crippen LogP contribution is 2.34. The van der Waals surface area contributed by atoms with Crippen molar-refractivity contribution in [2.45, 2.75) is 19.8 Å². The number of amides is 2. The van der Waals surface area contributed by atoms with Gasteiger partial charge in [-0.25, -0.2) is 4.79 Å². The summed E-state index contributed by atoms with van der Waals surface area (Å²) in [6.45, 7) is 6.53. The zero-order chi connectivity index (χ0) is 17.2. The van der Waals surface area contributed by atoms with E-state index in [9.17, 15) is 4.79 Å². The number of carbonyl (C=O) groups is 1. The van der Waals surface area contributed by atoms with E-state index in [4.69, 9.17) is 4.74 Å². The first-order chi connectivity index (χ1) is 11.5. The molecule has 1 atom stereocenters. The maximum atomic E-state index is 12.4. The second-order valence-corrected chi connectivity index (χ2v) is 7.21. The Morgan fingerprint density at radius 3 is 2.79 bits per heavy atom. The summed E-state index contributed by atoms with van der Waals surface area (Å²) >= 11 is 0. The Morgan fingerprint density at radius 1 is 1.25 bits per heavy atom. The van der Waals surface area contributed by atoms with E-state index in [1.165, 1.54) is 0 Å². The van der Waals surface area contributed by atoms with Gasteiger partial charge in [-0.3, -0.25) is 0 Å². The molecule has 3 rings (SSSR count). The molecule has 7 heteroatoms. The number of hydrogen-bond acceptors (Lipinski definition) is 5. The van der Waals surface area contributed by atoms with Gasteiger partial charge in [-0.2, -0.15) is 5.10 Å². The lowest BCUT2D eigenvalue weighted by Gasteiger charge is -2.44. The Morgan fingerprint density at radius 2 is 2.08 bits per heavy atom. The van der Waals surface area contributed by atoms with Gasteiger partial charge in [-0.15, -0.1) is 5.10 Å². The van der Waals surface area contributed by atoms with E-state index in [0.717, 1.165) is 50.5 Å². The number of urea groups is 1. The van der Waals surface area contributed by atoms with Crippen LogP contribution in [0.3, 0.4) is 0 Å². The Balaban J connectivity index is 1.78. The van der Waals surface area contributed by atoms with Crippen molar-refractivity contribution >= 4 is 11.8 Å². The number of hydrogen-bond donors (Lipinski definition) is 0. The highest BCUT2D eigenvalue weighted by atomic mass is 16.5. The van der Waals surface area contributed by atoms with Crippen LogP contribution in [0.5, 0.6) is 0 Å². The van der Waals surface area contributed by atoms with Gasteiger partial charge in [0.15, 0.2) is 5.82 Å². The van der Waals surface area contributed by atoms with Gasteiger partial charge in [-0.05, 0) is 31.9 Å². The maximum absolute atomic E-state index is 12.4. The fourth-order valence-electron chi connectivity index (χ4n) is 3.65. The van der Waals surface area contributed by atoms with E-state index in [-0.39, 0.29) is 11.4 Å². The summed E-state index contributed by atoms with van der Waals surface area (Å²) in [6, 6.07) is 4.09. The summed E-state index contributed by atoms with van der Waals surface area (Å²) in [5.74, 6) is 0.890. The number of likely N-dealkylation sites (tertiary alicyclic amines) is 1. The van der Waals surface area contributed by atoms with Gasteiger partial charge < -0.3 is 19.4 Å². The highest BCUT2D eigenvalue weighted by molar-refractivity contribution is 5.74. The van der Waals surface area contributed by atoms with Crippen molar-refractivity contribution in [2.75, 3.05) is 58.4 Å². The van der Waals surface area contributed by atoms with Gasteiger partial charge >= 0.3 is 6.03 Å². The van der Waals surface area contributed by atoms with Crippen molar-refractivity contribution in [2.24, 2.45) is 5.41 Å². The average molecular weight is 333 g/mol. The van der Waals surface area contributed by atoms with Gasteiger partial charge in [0.25, 0.3) is 0 Å². The molecule has 24 heavy (non-hydrogen) atoms. The van der Waals surface area contributed by atoms with E-state index in [1.54, 1.807) is 19.0 Å². The topological polar surface area (TPSA) is 61.8 Å². The normalized spacial score (nSPS) is 24.8. The minimum Gasteiger partial charge on any atom is -0.379 e. The lowest BCUT2D eigenvalue weighted by Crippen LogP contribution is -2.54. The Bertz CT molecular complexity index is 577. The molecule has 0 saturated carbocycles. The van der Waals surface area contributed by atoms with Crippen LogP contribution in [0.4, 0.5) is 10.6 Å². The number of piperidine rings is 1. The van der Waals surface area contributed by atoms with Gasteiger partial charge in [0.05, 0.1) is 18.9 Å². The Kier molecular flexibility index (Phi) is 4.89. The summed E-state index contributed by atoms with van der Waals surface area (Å²) in [5.41, 5.74) is 0.882. The third kappa shape index (κ3) is 3.61. The SMILES string of the molecule is Cc1ccc(N2CCOC[C@]3(CCCN(C(=O)N(C)C)C3)C2)nn1. The number of carbonyl (C=O) groups excluding carboxylic acids is 1. The molecule has 3 heterocycles. The lowest BCUT2D eigenvalue weighted by atomic mass is 9.80. The van der Waals surface area contributed by atoms with Crippen molar-refractivity contribution in [3.8, 4) is 0 Å². The standard InChI is InChI=1S/C17H27N5O2/c1-14-5-6-15(19-18-14)21-9-10-24-13-17(11-21)7-4-8-22(12-17)16(23)20(2)3/h5-6H,4,7-13H2,1-3H3/t17-/m1/s1. The van der Waals surface area contributed by atoms with Crippen LogP contribution in [0, 0.1) is 12.3 Å². The molecule has 7 nitrogen and oxygen atoms in total. The number of ether oxygens (including phenoxy) is 1. The number of nitrogens with zero attached hydrogens (tertiary/aromatic N) is 5. The monoisotopic (exact) mass is 333 g/mol. The van der Waals surface area contributed by atoms with Crippen LogP contribution in [-0.4, -0.2) is 79.5 Å². The van der Waals surface area contributed by atoms with E-state index in [2.05, 4.69) is 15.1 Å². The van der Waals surface area contributed by atoms with Crippen LogP contribution >= 0.6 is 0 Å². The van der Waals surface area contributed by atoms with Gasteiger partial charge in [-0.1, -0.05) is 0 Å². The second kappa shape index (κ2) is 6.93. The van der Waals surface area contributed by atoms with Crippen LogP contribution in [0.1, 0.15) is 18.5 Å². The van der Waals surface area contributed by atoms with E-state index >= 15 is 0 Å². The van der Waals surface area contributed by atoms with Gasteiger partial charge in [0.2, 0.25) is 0 Å². The molecular weight excluding hydrogens is 306 g/mol. The van der Waals surface area contributed by atoms with Crippen LogP contribution in [0.2, 0.25) is 0 Å². The van der Waals surface area contributed by atoms with Crippen molar-refractivity contribution in [1.29, 1.82) is 0 Å². The second-order valence-electron chi connectivity index (χ2n) is 7.21. The molecule has 0 unspecified atom stereocenters. The molecule has 2 amide bonds. The molecular formula is C17H27N5O2. The molecule has 1 aromatic rings. The minimum absolute atomic E-state index is 0.0347. The fourth-order valence-corrected chi connectivity index (χ4v) is 3.65. The molecule has 2 aliphatic heterocycles. The third-order valence-electron chi connectivity index (χ3n) is 4.86. The minimum atomic E-state index is -0.0347. The molecule has 2 fully saturated rings. The molecule has 0 aliphatic carbocycles.